The van der Waals surface area contributed by atoms with Crippen molar-refractivity contribution in [1.29, 1.82) is 0 Å². The number of rotatable bonds is 11. The molecular formula is C22H31NO2S. The maximum absolute atomic E-state index is 12.5. The quantitative estimate of drug-likeness (QED) is 0.353. The molecule has 0 fully saturated rings. The van der Waals surface area contributed by atoms with Crippen molar-refractivity contribution in [2.75, 3.05) is 18.5 Å². The van der Waals surface area contributed by atoms with E-state index in [1.165, 1.54) is 37.7 Å². The van der Waals surface area contributed by atoms with Crippen LogP contribution in [0.5, 0.6) is 0 Å². The van der Waals surface area contributed by atoms with Gasteiger partial charge in [-0.25, -0.2) is 4.79 Å². The molecule has 4 heteroatoms. The molecular weight excluding hydrogens is 342 g/mol. The number of nitrogens with one attached hydrogen (secondary N) is 1. The van der Waals surface area contributed by atoms with Gasteiger partial charge in [-0.3, -0.25) is 0 Å². The Labute approximate surface area is 161 Å². The van der Waals surface area contributed by atoms with E-state index in [0.29, 0.717) is 12.2 Å². The Bertz CT molecular complexity index is 676. The maximum atomic E-state index is 12.5. The standard InChI is InChI=1S/C22H31NO2S/c1-4-6-7-8-9-10-15-23-21-20(22(24)25-5-2)19(16-26-21)18-13-11-17(3)12-14-18/h11-14,16,23H,4-10,15H2,1-3H3. The van der Waals surface area contributed by atoms with Crippen LogP contribution in [0.2, 0.25) is 0 Å². The summed E-state index contributed by atoms with van der Waals surface area (Å²) in [7, 11) is 0. The van der Waals surface area contributed by atoms with Gasteiger partial charge >= 0.3 is 5.97 Å². The SMILES string of the molecule is CCCCCCCCNc1scc(-c2ccc(C)cc2)c1C(=O)OCC. The Morgan fingerprint density at radius 1 is 1.04 bits per heavy atom. The fourth-order valence-corrected chi connectivity index (χ4v) is 3.93. The predicted molar refractivity (Wildman–Crippen MR) is 112 cm³/mol. The number of ether oxygens (including phenoxy) is 1. The molecule has 142 valence electrons. The normalized spacial score (nSPS) is 10.7. The summed E-state index contributed by atoms with van der Waals surface area (Å²) in [6.07, 6.45) is 7.57. The molecule has 1 heterocycles. The molecule has 1 N–H and O–H groups in total. The summed E-state index contributed by atoms with van der Waals surface area (Å²) in [5.74, 6) is -0.241. The van der Waals surface area contributed by atoms with Crippen molar-refractivity contribution in [3.05, 3.63) is 40.8 Å². The second kappa shape index (κ2) is 11.0. The molecule has 0 radical (unpaired) electrons. The van der Waals surface area contributed by atoms with E-state index in [-0.39, 0.29) is 5.97 Å². The lowest BCUT2D eigenvalue weighted by Gasteiger charge is -2.10. The summed E-state index contributed by atoms with van der Waals surface area (Å²) in [5, 5.41) is 6.44. The van der Waals surface area contributed by atoms with Gasteiger partial charge in [0.25, 0.3) is 0 Å². The predicted octanol–water partition coefficient (Wildman–Crippen LogP) is 6.67. The number of benzene rings is 1. The minimum absolute atomic E-state index is 0.241. The van der Waals surface area contributed by atoms with Gasteiger partial charge in [0.2, 0.25) is 0 Å². The van der Waals surface area contributed by atoms with Crippen molar-refractivity contribution < 1.29 is 9.53 Å². The van der Waals surface area contributed by atoms with Gasteiger partial charge in [0.1, 0.15) is 10.6 Å². The summed E-state index contributed by atoms with van der Waals surface area (Å²) in [5.41, 5.74) is 3.90. The van der Waals surface area contributed by atoms with E-state index >= 15 is 0 Å². The smallest absolute Gasteiger partial charge is 0.341 e. The highest BCUT2D eigenvalue weighted by molar-refractivity contribution is 7.15. The van der Waals surface area contributed by atoms with E-state index in [2.05, 4.69) is 48.8 Å². The van der Waals surface area contributed by atoms with Crippen LogP contribution in [0.1, 0.15) is 68.3 Å². The lowest BCUT2D eigenvalue weighted by Crippen LogP contribution is -2.09. The van der Waals surface area contributed by atoms with Gasteiger partial charge in [0.15, 0.2) is 0 Å². The molecule has 0 saturated carbocycles. The Hall–Kier alpha value is -1.81. The van der Waals surface area contributed by atoms with Gasteiger partial charge in [-0.2, -0.15) is 0 Å². The molecule has 0 aliphatic heterocycles. The number of unbranched alkanes of at least 4 members (excludes halogenated alkanes) is 5. The molecule has 0 atom stereocenters. The molecule has 2 rings (SSSR count). The van der Waals surface area contributed by atoms with Gasteiger partial charge in [0, 0.05) is 17.5 Å². The van der Waals surface area contributed by atoms with E-state index in [9.17, 15) is 4.79 Å². The van der Waals surface area contributed by atoms with Crippen LogP contribution in [0.4, 0.5) is 5.00 Å². The molecule has 0 unspecified atom stereocenters. The van der Waals surface area contributed by atoms with Gasteiger partial charge in [-0.05, 0) is 25.8 Å². The molecule has 1 aromatic heterocycles. The van der Waals surface area contributed by atoms with Crippen molar-refractivity contribution in [1.82, 2.24) is 0 Å². The van der Waals surface area contributed by atoms with E-state index in [4.69, 9.17) is 4.74 Å². The summed E-state index contributed by atoms with van der Waals surface area (Å²) in [4.78, 5) is 12.5. The van der Waals surface area contributed by atoms with Crippen molar-refractivity contribution >= 4 is 22.3 Å². The van der Waals surface area contributed by atoms with Crippen LogP contribution < -0.4 is 5.32 Å². The second-order valence-electron chi connectivity index (χ2n) is 6.63. The largest absolute Gasteiger partial charge is 0.462 e. The average Bonchev–Trinajstić information content (AvgIpc) is 3.06. The highest BCUT2D eigenvalue weighted by atomic mass is 32.1. The first-order valence-corrected chi connectivity index (χ1v) is 10.6. The summed E-state index contributed by atoms with van der Waals surface area (Å²) in [6.45, 7) is 7.43. The number of aryl methyl sites for hydroxylation is 1. The first-order chi connectivity index (χ1) is 12.7. The molecule has 0 bridgehead atoms. The van der Waals surface area contributed by atoms with Crippen molar-refractivity contribution in [3.8, 4) is 11.1 Å². The number of hydrogen-bond donors (Lipinski definition) is 1. The Kier molecular flexibility index (Phi) is 8.69. The molecule has 0 aliphatic carbocycles. The number of esters is 1. The van der Waals surface area contributed by atoms with E-state index in [0.717, 1.165) is 29.1 Å². The third-order valence-corrected chi connectivity index (χ3v) is 5.39. The van der Waals surface area contributed by atoms with Crippen LogP contribution in [0.25, 0.3) is 11.1 Å². The fourth-order valence-electron chi connectivity index (χ4n) is 2.95. The topological polar surface area (TPSA) is 38.3 Å². The van der Waals surface area contributed by atoms with Crippen molar-refractivity contribution in [2.45, 2.75) is 59.3 Å². The molecule has 2 aromatic rings. The third kappa shape index (κ3) is 5.87. The van der Waals surface area contributed by atoms with E-state index < -0.39 is 0 Å². The van der Waals surface area contributed by atoms with Crippen LogP contribution >= 0.6 is 11.3 Å². The van der Waals surface area contributed by atoms with Gasteiger partial charge in [0.05, 0.1) is 6.61 Å². The zero-order valence-corrected chi connectivity index (χ0v) is 17.1. The van der Waals surface area contributed by atoms with Gasteiger partial charge < -0.3 is 10.1 Å². The monoisotopic (exact) mass is 373 g/mol. The molecule has 3 nitrogen and oxygen atoms in total. The Morgan fingerprint density at radius 2 is 1.73 bits per heavy atom. The maximum Gasteiger partial charge on any atom is 0.341 e. The second-order valence-corrected chi connectivity index (χ2v) is 7.51. The van der Waals surface area contributed by atoms with Crippen LogP contribution in [0, 0.1) is 6.92 Å². The molecule has 0 saturated heterocycles. The zero-order valence-electron chi connectivity index (χ0n) is 16.3. The lowest BCUT2D eigenvalue weighted by molar-refractivity contribution is 0.0529. The van der Waals surface area contributed by atoms with Crippen LogP contribution in [-0.4, -0.2) is 19.1 Å². The molecule has 0 amide bonds. The van der Waals surface area contributed by atoms with Gasteiger partial charge in [-0.1, -0.05) is 68.9 Å². The highest BCUT2D eigenvalue weighted by Gasteiger charge is 2.21. The van der Waals surface area contributed by atoms with Crippen molar-refractivity contribution in [3.63, 3.8) is 0 Å². The summed E-state index contributed by atoms with van der Waals surface area (Å²) in [6, 6.07) is 8.28. The van der Waals surface area contributed by atoms with Gasteiger partial charge in [-0.15, -0.1) is 11.3 Å². The molecule has 26 heavy (non-hydrogen) atoms. The van der Waals surface area contributed by atoms with Crippen LogP contribution in [0.15, 0.2) is 29.6 Å². The minimum atomic E-state index is -0.241. The number of anilines is 1. The third-order valence-electron chi connectivity index (χ3n) is 4.45. The van der Waals surface area contributed by atoms with Crippen molar-refractivity contribution in [2.24, 2.45) is 0 Å². The number of hydrogen-bond acceptors (Lipinski definition) is 4. The van der Waals surface area contributed by atoms with E-state index in [1.807, 2.05) is 6.92 Å². The number of thiophene rings is 1. The highest BCUT2D eigenvalue weighted by Crippen LogP contribution is 2.36. The zero-order chi connectivity index (χ0) is 18.8. The minimum Gasteiger partial charge on any atom is -0.462 e. The molecule has 0 aliphatic rings. The first kappa shape index (κ1) is 20.5. The molecule has 1 aromatic carbocycles. The lowest BCUT2D eigenvalue weighted by atomic mass is 10.0. The number of carbonyl (C=O) groups is 1. The molecule has 0 spiro atoms. The van der Waals surface area contributed by atoms with E-state index in [1.54, 1.807) is 11.3 Å². The Balaban J connectivity index is 2.06. The average molecular weight is 374 g/mol. The first-order valence-electron chi connectivity index (χ1n) is 9.76. The fraction of sp³-hybridized carbons (Fsp3) is 0.500. The van der Waals surface area contributed by atoms with Crippen LogP contribution in [-0.2, 0) is 4.74 Å². The summed E-state index contributed by atoms with van der Waals surface area (Å²) >= 11 is 1.59. The number of carbonyl (C=O) groups excluding carboxylic acids is 1. The summed E-state index contributed by atoms with van der Waals surface area (Å²) < 4.78 is 5.31. The van der Waals surface area contributed by atoms with Crippen LogP contribution in [0.3, 0.4) is 0 Å². The Morgan fingerprint density at radius 3 is 2.42 bits per heavy atom.